The summed E-state index contributed by atoms with van der Waals surface area (Å²) in [4.78, 5) is 32.9. The summed E-state index contributed by atoms with van der Waals surface area (Å²) in [5, 5.41) is 13.4. The highest BCUT2D eigenvalue weighted by atomic mass is 19.1. The molecule has 8 nitrogen and oxygen atoms in total. The second-order valence-corrected chi connectivity index (χ2v) is 8.70. The van der Waals surface area contributed by atoms with Crippen LogP contribution in [0.4, 0.5) is 10.1 Å². The number of hydrogen-bond donors (Lipinski definition) is 3. The topological polar surface area (TPSA) is 97.9 Å². The molecule has 2 aromatic rings. The molecule has 3 aliphatic rings. The molecule has 1 fully saturated rings. The average Bonchev–Trinajstić information content (AvgIpc) is 3.23. The fourth-order valence-electron chi connectivity index (χ4n) is 4.82. The second-order valence-electron chi connectivity index (χ2n) is 8.70. The average molecular weight is 455 g/mol. The molecule has 1 saturated heterocycles. The van der Waals surface area contributed by atoms with E-state index in [-0.39, 0.29) is 18.4 Å². The summed E-state index contributed by atoms with van der Waals surface area (Å²) in [6.07, 6.45) is 2.39. The molecule has 174 valence electrons. The number of H-pyrrole nitrogens is 1. The Labute approximate surface area is 191 Å². The Kier molecular flexibility index (Phi) is 5.77. The number of aromatic nitrogens is 1. The van der Waals surface area contributed by atoms with Crippen molar-refractivity contribution in [2.45, 2.75) is 26.0 Å². The second kappa shape index (κ2) is 8.74. The fraction of sp³-hybridized carbons (Fsp3) is 0.417. The first kappa shape index (κ1) is 21.8. The number of morpholine rings is 1. The van der Waals surface area contributed by atoms with Crippen molar-refractivity contribution < 1.29 is 23.8 Å². The van der Waals surface area contributed by atoms with E-state index < -0.39 is 12.0 Å². The van der Waals surface area contributed by atoms with Gasteiger partial charge in [0.05, 0.1) is 30.9 Å². The number of benzene rings is 1. The predicted molar refractivity (Wildman–Crippen MR) is 121 cm³/mol. The molecule has 4 heterocycles. The van der Waals surface area contributed by atoms with Crippen molar-refractivity contribution in [1.82, 2.24) is 14.8 Å². The van der Waals surface area contributed by atoms with E-state index in [1.54, 1.807) is 17.0 Å². The fourth-order valence-corrected chi connectivity index (χ4v) is 4.82. The molecule has 0 bridgehead atoms. The molecule has 3 N–H and O–H groups in total. The molecule has 0 aliphatic carbocycles. The van der Waals surface area contributed by atoms with Gasteiger partial charge in [-0.05, 0) is 49.6 Å². The van der Waals surface area contributed by atoms with Gasteiger partial charge < -0.3 is 25.0 Å². The normalized spacial score (nSPS) is 21.1. The molecule has 3 aliphatic heterocycles. The summed E-state index contributed by atoms with van der Waals surface area (Å²) in [6.45, 7) is 5.07. The van der Waals surface area contributed by atoms with E-state index in [9.17, 15) is 19.1 Å². The minimum absolute atomic E-state index is 0.129. The van der Waals surface area contributed by atoms with Gasteiger partial charge in [-0.15, -0.1) is 0 Å². The summed E-state index contributed by atoms with van der Waals surface area (Å²) < 4.78 is 19.1. The predicted octanol–water partition coefficient (Wildman–Crippen LogP) is 1.99. The van der Waals surface area contributed by atoms with E-state index in [0.717, 1.165) is 17.7 Å². The lowest BCUT2D eigenvalue weighted by Gasteiger charge is -2.34. The van der Waals surface area contributed by atoms with Crippen molar-refractivity contribution in [2.75, 3.05) is 44.7 Å². The van der Waals surface area contributed by atoms with Crippen LogP contribution in [-0.2, 0) is 16.0 Å². The van der Waals surface area contributed by atoms with E-state index in [0.29, 0.717) is 67.4 Å². The number of aryl methyl sites for hydroxylation is 1. The summed E-state index contributed by atoms with van der Waals surface area (Å²) in [7, 11) is 0. The van der Waals surface area contributed by atoms with Crippen LogP contribution in [0.2, 0.25) is 0 Å². The highest BCUT2D eigenvalue weighted by molar-refractivity contribution is 6.34. The van der Waals surface area contributed by atoms with Gasteiger partial charge in [0.2, 0.25) is 0 Å². The smallest absolute Gasteiger partial charge is 0.256 e. The van der Waals surface area contributed by atoms with Crippen LogP contribution in [0, 0.1) is 12.7 Å². The maximum atomic E-state index is 13.8. The van der Waals surface area contributed by atoms with Crippen molar-refractivity contribution >= 4 is 29.2 Å². The zero-order chi connectivity index (χ0) is 23.1. The van der Waals surface area contributed by atoms with E-state index >= 15 is 0 Å². The molecule has 1 atom stereocenters. The van der Waals surface area contributed by atoms with Crippen LogP contribution in [0.1, 0.15) is 39.3 Å². The van der Waals surface area contributed by atoms with Gasteiger partial charge in [-0.1, -0.05) is 0 Å². The van der Waals surface area contributed by atoms with Crippen LogP contribution in [0.25, 0.3) is 11.6 Å². The molecule has 1 aromatic heterocycles. The number of carbonyl (C=O) groups is 2. The number of carbonyl (C=O) groups excluding carboxylic acids is 2. The third-order valence-corrected chi connectivity index (χ3v) is 6.63. The zero-order valence-corrected chi connectivity index (χ0v) is 18.5. The number of amides is 2. The van der Waals surface area contributed by atoms with Crippen LogP contribution in [0.5, 0.6) is 0 Å². The number of ether oxygens (including phenoxy) is 1. The lowest BCUT2D eigenvalue weighted by Crippen LogP contribution is -2.50. The molecular formula is C24H27FN4O4. The standard InChI is InChI=1S/C24H27FN4O4/c1-14-20(12-17-16-11-15(25)4-5-18(16)27-23(17)31)26-19-3-2-6-29(24(32)22(14)19)13-21(30)28-7-9-33-10-8-28/h4-5,11-12,21,26,30H,2-3,6-10,13H2,1H3,(H,27,31)/b17-12-/t21-/m0/s1. The number of aliphatic hydroxyl groups is 1. The number of hydrogen-bond acceptors (Lipinski definition) is 5. The first-order valence-electron chi connectivity index (χ1n) is 11.3. The highest BCUT2D eigenvalue weighted by Crippen LogP contribution is 2.35. The first-order chi connectivity index (χ1) is 15.9. The van der Waals surface area contributed by atoms with E-state index in [1.165, 1.54) is 12.1 Å². The van der Waals surface area contributed by atoms with Crippen LogP contribution in [-0.4, -0.2) is 77.3 Å². The quantitative estimate of drug-likeness (QED) is 0.614. The van der Waals surface area contributed by atoms with Crippen molar-refractivity contribution in [1.29, 1.82) is 0 Å². The molecule has 0 saturated carbocycles. The van der Waals surface area contributed by atoms with Crippen LogP contribution in [0.3, 0.4) is 0 Å². The van der Waals surface area contributed by atoms with Gasteiger partial charge in [-0.2, -0.15) is 0 Å². The molecule has 0 radical (unpaired) electrons. The Balaban J connectivity index is 1.43. The SMILES string of the molecule is Cc1c(/C=C2\C(=O)Nc3ccc(F)cc32)[nH]c2c1C(=O)N(C[C@H](O)N1CCOCC1)CCC2. The van der Waals surface area contributed by atoms with Gasteiger partial charge in [0, 0.05) is 42.3 Å². The minimum atomic E-state index is -0.742. The van der Waals surface area contributed by atoms with Gasteiger partial charge >= 0.3 is 0 Å². The minimum Gasteiger partial charge on any atom is -0.379 e. The number of aromatic amines is 1. The van der Waals surface area contributed by atoms with Crippen molar-refractivity contribution in [2.24, 2.45) is 0 Å². The third kappa shape index (κ3) is 4.07. The van der Waals surface area contributed by atoms with Gasteiger partial charge in [-0.25, -0.2) is 4.39 Å². The van der Waals surface area contributed by atoms with E-state index in [1.807, 2.05) is 11.8 Å². The Morgan fingerprint density at radius 1 is 1.24 bits per heavy atom. The Morgan fingerprint density at radius 2 is 2.03 bits per heavy atom. The Hall–Kier alpha value is -3.01. The number of rotatable bonds is 4. The largest absolute Gasteiger partial charge is 0.379 e. The Morgan fingerprint density at radius 3 is 2.82 bits per heavy atom. The molecule has 5 rings (SSSR count). The van der Waals surface area contributed by atoms with Crippen LogP contribution >= 0.6 is 0 Å². The number of nitrogens with zero attached hydrogens (tertiary/aromatic N) is 2. The van der Waals surface area contributed by atoms with Gasteiger partial charge in [0.15, 0.2) is 0 Å². The Bertz CT molecular complexity index is 1140. The number of halogens is 1. The summed E-state index contributed by atoms with van der Waals surface area (Å²) >= 11 is 0. The maximum Gasteiger partial charge on any atom is 0.256 e. The van der Waals surface area contributed by atoms with Crippen molar-refractivity contribution in [3.63, 3.8) is 0 Å². The number of nitrogens with one attached hydrogen (secondary N) is 2. The maximum absolute atomic E-state index is 13.8. The lowest BCUT2D eigenvalue weighted by molar-refractivity contribution is -0.110. The summed E-state index contributed by atoms with van der Waals surface area (Å²) in [5.74, 6) is -0.850. The van der Waals surface area contributed by atoms with Crippen LogP contribution < -0.4 is 5.32 Å². The molecule has 0 spiro atoms. The zero-order valence-electron chi connectivity index (χ0n) is 18.5. The van der Waals surface area contributed by atoms with Gasteiger partial charge in [0.25, 0.3) is 11.8 Å². The summed E-state index contributed by atoms with van der Waals surface area (Å²) in [5.41, 5.74) is 4.25. The number of aliphatic hydroxyl groups excluding tert-OH is 1. The number of β-amino-alcohol motifs (C(OH)–C–C–N with tert-alkyl or cyclic N) is 1. The number of fused-ring (bicyclic) bond motifs is 2. The molecular weight excluding hydrogens is 427 g/mol. The lowest BCUT2D eigenvalue weighted by atomic mass is 10.0. The number of anilines is 1. The van der Waals surface area contributed by atoms with Gasteiger partial charge in [-0.3, -0.25) is 14.5 Å². The van der Waals surface area contributed by atoms with Crippen LogP contribution in [0.15, 0.2) is 18.2 Å². The summed E-state index contributed by atoms with van der Waals surface area (Å²) in [6, 6.07) is 4.19. The molecule has 9 heteroatoms. The third-order valence-electron chi connectivity index (χ3n) is 6.63. The van der Waals surface area contributed by atoms with Crippen molar-refractivity contribution in [3.8, 4) is 0 Å². The van der Waals surface area contributed by atoms with E-state index in [2.05, 4.69) is 10.3 Å². The molecule has 1 aromatic carbocycles. The molecule has 0 unspecified atom stereocenters. The highest BCUT2D eigenvalue weighted by Gasteiger charge is 2.31. The molecule has 33 heavy (non-hydrogen) atoms. The van der Waals surface area contributed by atoms with Crippen molar-refractivity contribution in [3.05, 3.63) is 52.1 Å². The van der Waals surface area contributed by atoms with Gasteiger partial charge in [0.1, 0.15) is 12.0 Å². The monoisotopic (exact) mass is 454 g/mol. The first-order valence-corrected chi connectivity index (χ1v) is 11.3. The molecule has 2 amide bonds. The van der Waals surface area contributed by atoms with E-state index in [4.69, 9.17) is 4.74 Å².